The zero-order valence-corrected chi connectivity index (χ0v) is 12.8. The molecule has 0 atom stereocenters. The van der Waals surface area contributed by atoms with Crippen LogP contribution in [0.5, 0.6) is 5.75 Å². The molecule has 1 aromatic carbocycles. The minimum atomic E-state index is -0.312. The van der Waals surface area contributed by atoms with Crippen molar-refractivity contribution in [3.05, 3.63) is 47.8 Å². The number of rotatable bonds is 7. The van der Waals surface area contributed by atoms with Crippen LogP contribution >= 0.6 is 0 Å². The maximum Gasteiger partial charge on any atom is 0.170 e. The Bertz CT molecular complexity index is 581. The van der Waals surface area contributed by atoms with Gasteiger partial charge in [0.15, 0.2) is 11.6 Å². The molecule has 0 aliphatic heterocycles. The first-order chi connectivity index (χ1) is 10.1. The molecule has 0 radical (unpaired) electrons. The maximum absolute atomic E-state index is 14.1. The fraction of sp³-hybridized carbons (Fsp3) is 0.438. The lowest BCUT2D eigenvalue weighted by molar-refractivity contribution is 0.383. The minimum absolute atomic E-state index is 0.270. The van der Waals surface area contributed by atoms with Gasteiger partial charge in [-0.1, -0.05) is 26.0 Å². The third-order valence-electron chi connectivity index (χ3n) is 3.16. The Hall–Kier alpha value is -1.88. The molecule has 1 N–H and O–H groups in total. The van der Waals surface area contributed by atoms with E-state index < -0.39 is 0 Å². The molecule has 2 aromatic rings. The summed E-state index contributed by atoms with van der Waals surface area (Å²) in [6, 6.07) is 5.17. The molecule has 0 unspecified atom stereocenters. The number of nitrogens with one attached hydrogen (secondary N) is 1. The third-order valence-corrected chi connectivity index (χ3v) is 3.16. The highest BCUT2D eigenvalue weighted by Gasteiger charge is 2.09. The SMILES string of the molecule is COc1cccc(Cn2cnc(CNCC(C)C)c2)c1F. The number of hydrogen-bond donors (Lipinski definition) is 1. The number of methoxy groups -OCH3 is 1. The molecular formula is C16H22FN3O. The summed E-state index contributed by atoms with van der Waals surface area (Å²) in [5.41, 5.74) is 1.55. The highest BCUT2D eigenvalue weighted by Crippen LogP contribution is 2.20. The number of aromatic nitrogens is 2. The van der Waals surface area contributed by atoms with E-state index in [1.165, 1.54) is 7.11 Å². The number of halogens is 1. The van der Waals surface area contributed by atoms with Gasteiger partial charge in [0.05, 0.1) is 25.7 Å². The Morgan fingerprint density at radius 1 is 1.38 bits per heavy atom. The Labute approximate surface area is 125 Å². The van der Waals surface area contributed by atoms with Gasteiger partial charge in [-0.05, 0) is 18.5 Å². The monoisotopic (exact) mass is 291 g/mol. The predicted octanol–water partition coefficient (Wildman–Crippen LogP) is 2.82. The molecule has 1 heterocycles. The quantitative estimate of drug-likeness (QED) is 0.852. The van der Waals surface area contributed by atoms with Gasteiger partial charge < -0.3 is 14.6 Å². The molecule has 0 fully saturated rings. The molecule has 0 spiro atoms. The molecule has 1 aromatic heterocycles. The van der Waals surface area contributed by atoms with Gasteiger partial charge in [0.2, 0.25) is 0 Å². The summed E-state index contributed by atoms with van der Waals surface area (Å²) < 4.78 is 21.0. The topological polar surface area (TPSA) is 39.1 Å². The van der Waals surface area contributed by atoms with Crippen molar-refractivity contribution in [3.8, 4) is 5.75 Å². The van der Waals surface area contributed by atoms with E-state index in [9.17, 15) is 4.39 Å². The van der Waals surface area contributed by atoms with Crippen LogP contribution < -0.4 is 10.1 Å². The first kappa shape index (κ1) is 15.5. The number of benzene rings is 1. The van der Waals surface area contributed by atoms with Gasteiger partial charge in [-0.3, -0.25) is 0 Å². The molecule has 21 heavy (non-hydrogen) atoms. The molecule has 0 saturated heterocycles. The summed E-state index contributed by atoms with van der Waals surface area (Å²) in [6.45, 7) is 6.46. The summed E-state index contributed by atoms with van der Waals surface area (Å²) in [6.07, 6.45) is 3.66. The molecule has 2 rings (SSSR count). The lowest BCUT2D eigenvalue weighted by Gasteiger charge is -2.08. The molecule has 0 aliphatic rings. The molecule has 0 aliphatic carbocycles. The first-order valence-electron chi connectivity index (χ1n) is 7.13. The lowest BCUT2D eigenvalue weighted by atomic mass is 10.2. The fourth-order valence-electron chi connectivity index (χ4n) is 2.11. The largest absolute Gasteiger partial charge is 0.494 e. The average Bonchev–Trinajstić information content (AvgIpc) is 2.88. The molecular weight excluding hydrogens is 269 g/mol. The van der Waals surface area contributed by atoms with Crippen LogP contribution in [-0.2, 0) is 13.1 Å². The van der Waals surface area contributed by atoms with Crippen LogP contribution in [0.3, 0.4) is 0 Å². The van der Waals surface area contributed by atoms with E-state index in [-0.39, 0.29) is 11.6 Å². The van der Waals surface area contributed by atoms with Crippen molar-refractivity contribution in [1.82, 2.24) is 14.9 Å². The van der Waals surface area contributed by atoms with Gasteiger partial charge in [-0.2, -0.15) is 0 Å². The smallest absolute Gasteiger partial charge is 0.170 e. The number of imidazole rings is 1. The number of hydrogen-bond acceptors (Lipinski definition) is 3. The van der Waals surface area contributed by atoms with E-state index in [1.807, 2.05) is 10.8 Å². The average molecular weight is 291 g/mol. The highest BCUT2D eigenvalue weighted by atomic mass is 19.1. The van der Waals surface area contributed by atoms with Crippen molar-refractivity contribution in [2.75, 3.05) is 13.7 Å². The van der Waals surface area contributed by atoms with Crippen LogP contribution in [0.4, 0.5) is 4.39 Å². The van der Waals surface area contributed by atoms with Crippen molar-refractivity contribution in [2.24, 2.45) is 5.92 Å². The molecule has 114 valence electrons. The zero-order valence-electron chi connectivity index (χ0n) is 12.8. The summed E-state index contributed by atoms with van der Waals surface area (Å²) in [5.74, 6) is 0.567. The van der Waals surface area contributed by atoms with Gasteiger partial charge in [0.25, 0.3) is 0 Å². The Morgan fingerprint density at radius 3 is 2.90 bits per heavy atom. The standard InChI is InChI=1S/C16H22FN3O/c1-12(2)7-18-8-14-10-20(11-19-14)9-13-5-4-6-15(21-3)16(13)17/h4-6,10-12,18H,7-9H2,1-3H3. The Kier molecular flexibility index (Phi) is 5.33. The van der Waals surface area contributed by atoms with Crippen LogP contribution in [0.1, 0.15) is 25.1 Å². The van der Waals surface area contributed by atoms with Crippen molar-refractivity contribution in [2.45, 2.75) is 26.9 Å². The minimum Gasteiger partial charge on any atom is -0.494 e. The first-order valence-corrected chi connectivity index (χ1v) is 7.13. The second-order valence-electron chi connectivity index (χ2n) is 5.50. The Balaban J connectivity index is 1.99. The predicted molar refractivity (Wildman–Crippen MR) is 80.8 cm³/mol. The molecule has 4 nitrogen and oxygen atoms in total. The van der Waals surface area contributed by atoms with Gasteiger partial charge in [-0.15, -0.1) is 0 Å². The van der Waals surface area contributed by atoms with Crippen LogP contribution in [0.2, 0.25) is 0 Å². The molecule has 0 saturated carbocycles. The number of ether oxygens (including phenoxy) is 1. The molecule has 5 heteroatoms. The van der Waals surface area contributed by atoms with Gasteiger partial charge in [-0.25, -0.2) is 9.37 Å². The molecule has 0 bridgehead atoms. The van der Waals surface area contributed by atoms with E-state index in [4.69, 9.17) is 4.74 Å². The van der Waals surface area contributed by atoms with Crippen molar-refractivity contribution >= 4 is 0 Å². The van der Waals surface area contributed by atoms with Gasteiger partial charge >= 0.3 is 0 Å². The summed E-state index contributed by atoms with van der Waals surface area (Å²) in [7, 11) is 1.47. The fourth-order valence-corrected chi connectivity index (χ4v) is 2.11. The van der Waals surface area contributed by atoms with E-state index in [2.05, 4.69) is 24.1 Å². The summed E-state index contributed by atoms with van der Waals surface area (Å²) >= 11 is 0. The lowest BCUT2D eigenvalue weighted by Crippen LogP contribution is -2.19. The van der Waals surface area contributed by atoms with Crippen molar-refractivity contribution in [3.63, 3.8) is 0 Å². The van der Waals surface area contributed by atoms with Gasteiger partial charge in [0.1, 0.15) is 0 Å². The van der Waals surface area contributed by atoms with Crippen LogP contribution in [0.15, 0.2) is 30.7 Å². The maximum atomic E-state index is 14.1. The van der Waals surface area contributed by atoms with E-state index in [0.29, 0.717) is 18.0 Å². The van der Waals surface area contributed by atoms with E-state index in [0.717, 1.165) is 18.8 Å². The van der Waals surface area contributed by atoms with Crippen LogP contribution in [0, 0.1) is 11.7 Å². The Morgan fingerprint density at radius 2 is 2.19 bits per heavy atom. The number of nitrogens with zero attached hydrogens (tertiary/aromatic N) is 2. The highest BCUT2D eigenvalue weighted by molar-refractivity contribution is 5.31. The second-order valence-corrected chi connectivity index (χ2v) is 5.50. The summed E-state index contributed by atoms with van der Waals surface area (Å²) in [4.78, 5) is 4.33. The van der Waals surface area contributed by atoms with Crippen LogP contribution in [-0.4, -0.2) is 23.2 Å². The van der Waals surface area contributed by atoms with Crippen molar-refractivity contribution in [1.29, 1.82) is 0 Å². The normalized spacial score (nSPS) is 11.1. The van der Waals surface area contributed by atoms with Crippen molar-refractivity contribution < 1.29 is 9.13 Å². The van der Waals surface area contributed by atoms with Crippen LogP contribution in [0.25, 0.3) is 0 Å². The second kappa shape index (κ2) is 7.22. The third kappa shape index (κ3) is 4.29. The van der Waals surface area contributed by atoms with E-state index >= 15 is 0 Å². The summed E-state index contributed by atoms with van der Waals surface area (Å²) in [5, 5.41) is 3.34. The van der Waals surface area contributed by atoms with E-state index in [1.54, 1.807) is 24.5 Å². The molecule has 0 amide bonds. The zero-order chi connectivity index (χ0) is 15.2. The van der Waals surface area contributed by atoms with Gasteiger partial charge in [0, 0.05) is 18.3 Å².